The number of hydrogen-bond acceptors (Lipinski definition) is 9. The Morgan fingerprint density at radius 2 is 1.89 bits per heavy atom. The number of ether oxygens (including phenoxy) is 2. The average Bonchev–Trinajstić information content (AvgIpc) is 3.43. The lowest BCUT2D eigenvalue weighted by Gasteiger charge is -2.40. The monoisotopic (exact) mass is 628 g/mol. The van der Waals surface area contributed by atoms with E-state index in [1.54, 1.807) is 13.0 Å². The van der Waals surface area contributed by atoms with Crippen LogP contribution in [0.4, 0.5) is 24.9 Å². The van der Waals surface area contributed by atoms with Crippen molar-refractivity contribution in [1.29, 1.82) is 0 Å². The molecule has 10 nitrogen and oxygen atoms in total. The number of carbonyl (C=O) groups excluding carboxylic acids is 2. The van der Waals surface area contributed by atoms with Crippen molar-refractivity contribution in [2.24, 2.45) is 10.8 Å². The molecule has 2 saturated heterocycles. The molecule has 13 heteroatoms. The molecule has 1 aromatic heterocycles. The number of esters is 1. The van der Waals surface area contributed by atoms with Crippen molar-refractivity contribution in [1.82, 2.24) is 20.2 Å². The van der Waals surface area contributed by atoms with Crippen LogP contribution in [0.1, 0.15) is 38.2 Å². The number of allylic oxidation sites excluding steroid dienone is 3. The Morgan fingerprint density at radius 3 is 2.49 bits per heavy atom. The SMILES string of the molecule is CCOC(=O)[C@@H]1CC2(CCN(c3cc(O[C@@H](C(F)(F)F)C4(C(=O)N(C)C)C=CC(c5ccccc5)=CC4)nc(N)n3)CC2)CN1. The average molecular weight is 629 g/mol. The minimum Gasteiger partial charge on any atom is -0.465 e. The highest BCUT2D eigenvalue weighted by Crippen LogP contribution is 2.46. The third-order valence-corrected chi connectivity index (χ3v) is 8.92. The Balaban J connectivity index is 1.37. The molecule has 3 aliphatic rings. The van der Waals surface area contributed by atoms with Crippen LogP contribution in [0.15, 0.2) is 54.6 Å². The fraction of sp³-hybridized carbons (Fsp3) is 0.500. The maximum absolute atomic E-state index is 14.9. The number of nitrogen functional groups attached to an aromatic ring is 1. The molecule has 1 unspecified atom stereocenters. The smallest absolute Gasteiger partial charge is 0.426 e. The summed E-state index contributed by atoms with van der Waals surface area (Å²) in [7, 11) is 2.83. The summed E-state index contributed by atoms with van der Waals surface area (Å²) in [5, 5.41) is 3.27. The van der Waals surface area contributed by atoms with Crippen LogP contribution in [0.2, 0.25) is 0 Å². The molecule has 3 heterocycles. The first kappa shape index (κ1) is 32.3. The third-order valence-electron chi connectivity index (χ3n) is 8.92. The molecule has 0 bridgehead atoms. The summed E-state index contributed by atoms with van der Waals surface area (Å²) < 4.78 is 55.4. The van der Waals surface area contributed by atoms with Gasteiger partial charge in [-0.2, -0.15) is 23.1 Å². The van der Waals surface area contributed by atoms with Crippen molar-refractivity contribution in [3.63, 3.8) is 0 Å². The van der Waals surface area contributed by atoms with Crippen molar-refractivity contribution < 1.29 is 32.2 Å². The van der Waals surface area contributed by atoms with E-state index in [-0.39, 0.29) is 35.7 Å². The first-order chi connectivity index (χ1) is 21.4. The van der Waals surface area contributed by atoms with E-state index in [9.17, 15) is 22.8 Å². The number of nitrogens with zero attached hydrogens (tertiary/aromatic N) is 4. The van der Waals surface area contributed by atoms with E-state index in [2.05, 4.69) is 15.3 Å². The molecule has 2 aliphatic heterocycles. The number of benzene rings is 1. The summed E-state index contributed by atoms with van der Waals surface area (Å²) in [4.78, 5) is 37.1. The minimum atomic E-state index is -4.93. The van der Waals surface area contributed by atoms with Crippen molar-refractivity contribution in [2.45, 2.75) is 50.9 Å². The second-order valence-electron chi connectivity index (χ2n) is 12.1. The molecule has 1 spiro atoms. The number of aromatic nitrogens is 2. The Morgan fingerprint density at radius 1 is 1.18 bits per heavy atom. The molecule has 1 amide bonds. The molecule has 3 atom stereocenters. The van der Waals surface area contributed by atoms with Crippen molar-refractivity contribution in [3.05, 3.63) is 60.2 Å². The number of anilines is 2. The Hall–Kier alpha value is -4.13. The number of alkyl halides is 3. The molecule has 0 saturated carbocycles. The van der Waals surface area contributed by atoms with Gasteiger partial charge >= 0.3 is 12.1 Å². The first-order valence-electron chi connectivity index (χ1n) is 15.1. The van der Waals surface area contributed by atoms with Crippen LogP contribution in [0.25, 0.3) is 5.57 Å². The van der Waals surface area contributed by atoms with E-state index < -0.39 is 23.6 Å². The summed E-state index contributed by atoms with van der Waals surface area (Å²) >= 11 is 0. The molecule has 0 radical (unpaired) electrons. The fourth-order valence-electron chi connectivity index (χ4n) is 6.53. The third kappa shape index (κ3) is 6.77. The van der Waals surface area contributed by atoms with Gasteiger partial charge < -0.3 is 30.3 Å². The van der Waals surface area contributed by atoms with Crippen LogP contribution < -0.4 is 20.7 Å². The topological polar surface area (TPSA) is 123 Å². The standard InChI is InChI=1S/C32H39F3N6O4/c1-4-44-26(42)23-19-30(20-37-23)14-16-41(17-15-30)24-18-25(39-29(36)38-24)45-27(32(33,34)35)31(28(43)40(2)3)12-10-22(11-13-31)21-8-6-5-7-9-21/h5-12,18,23,27,37H,4,13-17,19-20H2,1-3H3,(H2,36,38,39)/t23-,27+,31?/m0/s1. The van der Waals surface area contributed by atoms with Crippen LogP contribution in [-0.2, 0) is 14.3 Å². The molecular weight excluding hydrogens is 589 g/mol. The predicted molar refractivity (Wildman–Crippen MR) is 163 cm³/mol. The van der Waals surface area contributed by atoms with Crippen molar-refractivity contribution in [2.75, 3.05) is 51.0 Å². The number of piperidine rings is 1. The highest BCUT2D eigenvalue weighted by molar-refractivity contribution is 5.88. The van der Waals surface area contributed by atoms with Crippen LogP contribution in [0.5, 0.6) is 5.88 Å². The summed E-state index contributed by atoms with van der Waals surface area (Å²) in [6, 6.07) is 10.2. The highest BCUT2D eigenvalue weighted by Gasteiger charge is 2.59. The van der Waals surface area contributed by atoms with Gasteiger partial charge in [0, 0.05) is 39.8 Å². The van der Waals surface area contributed by atoms with Gasteiger partial charge in [0.05, 0.1) is 6.61 Å². The van der Waals surface area contributed by atoms with Gasteiger partial charge in [0.1, 0.15) is 17.3 Å². The highest BCUT2D eigenvalue weighted by atomic mass is 19.4. The normalized spacial score (nSPS) is 23.4. The van der Waals surface area contributed by atoms with Gasteiger partial charge in [-0.1, -0.05) is 48.6 Å². The van der Waals surface area contributed by atoms with E-state index in [0.717, 1.165) is 23.3 Å². The zero-order chi connectivity index (χ0) is 32.4. The van der Waals surface area contributed by atoms with E-state index in [1.807, 2.05) is 35.2 Å². The molecule has 2 fully saturated rings. The maximum atomic E-state index is 14.9. The largest absolute Gasteiger partial charge is 0.465 e. The maximum Gasteiger partial charge on any atom is 0.426 e. The number of hydrogen-bond donors (Lipinski definition) is 2. The van der Waals surface area contributed by atoms with Crippen molar-refractivity contribution in [3.8, 4) is 5.88 Å². The minimum absolute atomic E-state index is 0.0917. The number of rotatable bonds is 8. The predicted octanol–water partition coefficient (Wildman–Crippen LogP) is 4.00. The molecular formula is C32H39F3N6O4. The molecule has 1 aliphatic carbocycles. The molecule has 45 heavy (non-hydrogen) atoms. The zero-order valence-corrected chi connectivity index (χ0v) is 25.6. The first-order valence-corrected chi connectivity index (χ1v) is 15.1. The number of nitrogens with two attached hydrogens (primary N) is 1. The van der Waals surface area contributed by atoms with Crippen LogP contribution in [0, 0.1) is 10.8 Å². The quantitative estimate of drug-likeness (QED) is 0.418. The lowest BCUT2D eigenvalue weighted by Crippen LogP contribution is -2.56. The lowest BCUT2D eigenvalue weighted by atomic mass is 9.73. The Kier molecular flexibility index (Phi) is 9.11. The second kappa shape index (κ2) is 12.7. The lowest BCUT2D eigenvalue weighted by molar-refractivity contribution is -0.224. The summed E-state index contributed by atoms with van der Waals surface area (Å²) in [5.41, 5.74) is 5.34. The zero-order valence-electron chi connectivity index (χ0n) is 25.6. The van der Waals surface area contributed by atoms with E-state index >= 15 is 0 Å². The Bertz CT molecular complexity index is 1460. The van der Waals surface area contributed by atoms with Crippen LogP contribution in [-0.4, -0.2) is 85.4 Å². The van der Waals surface area contributed by atoms with Gasteiger partial charge in [-0.15, -0.1) is 0 Å². The number of carbonyl (C=O) groups is 2. The molecule has 242 valence electrons. The summed E-state index contributed by atoms with van der Waals surface area (Å²) in [6.45, 7) is 3.86. The van der Waals surface area contributed by atoms with Crippen molar-refractivity contribution >= 4 is 29.2 Å². The number of nitrogens with one attached hydrogen (secondary N) is 1. The number of amides is 1. The molecule has 2 aromatic rings. The Labute approximate surface area is 260 Å². The van der Waals surface area contributed by atoms with Gasteiger partial charge in [0.15, 0.2) is 0 Å². The van der Waals surface area contributed by atoms with Gasteiger partial charge in [-0.3, -0.25) is 9.59 Å². The van der Waals surface area contributed by atoms with E-state index in [4.69, 9.17) is 15.2 Å². The fourth-order valence-corrected chi connectivity index (χ4v) is 6.53. The van der Waals surface area contributed by atoms with Crippen LogP contribution in [0.3, 0.4) is 0 Å². The summed E-state index contributed by atoms with van der Waals surface area (Å²) in [5.74, 6) is -1.29. The van der Waals surface area contributed by atoms with Crippen LogP contribution >= 0.6 is 0 Å². The van der Waals surface area contributed by atoms with E-state index in [1.165, 1.54) is 32.3 Å². The van der Waals surface area contributed by atoms with Gasteiger partial charge in [0.2, 0.25) is 23.8 Å². The van der Waals surface area contributed by atoms with Gasteiger partial charge in [-0.25, -0.2) is 0 Å². The van der Waals surface area contributed by atoms with Gasteiger partial charge in [0.25, 0.3) is 0 Å². The second-order valence-corrected chi connectivity index (χ2v) is 12.1. The molecule has 3 N–H and O–H groups in total. The molecule has 5 rings (SSSR count). The van der Waals surface area contributed by atoms with Gasteiger partial charge in [-0.05, 0) is 49.2 Å². The number of halogens is 3. The van der Waals surface area contributed by atoms with E-state index in [0.29, 0.717) is 44.1 Å². The summed E-state index contributed by atoms with van der Waals surface area (Å²) in [6.07, 6.45) is -1.13. The molecule has 1 aromatic carbocycles.